The van der Waals surface area contributed by atoms with E-state index in [4.69, 9.17) is 0 Å². The third-order valence-corrected chi connectivity index (χ3v) is 7.36. The van der Waals surface area contributed by atoms with Crippen molar-refractivity contribution in [1.82, 2.24) is 4.72 Å². The van der Waals surface area contributed by atoms with Gasteiger partial charge in [0, 0.05) is 18.4 Å². The summed E-state index contributed by atoms with van der Waals surface area (Å²) in [5.41, 5.74) is -0.950. The summed E-state index contributed by atoms with van der Waals surface area (Å²) in [5.74, 6) is 0.328. The van der Waals surface area contributed by atoms with Gasteiger partial charge in [0.25, 0.3) is 0 Å². The van der Waals surface area contributed by atoms with E-state index in [0.717, 1.165) is 6.42 Å². The summed E-state index contributed by atoms with van der Waals surface area (Å²) < 4.78 is 27.2. The molecular formula is C15H27NO4S. The van der Waals surface area contributed by atoms with Gasteiger partial charge in [0.1, 0.15) is 5.78 Å². The lowest BCUT2D eigenvalue weighted by Crippen LogP contribution is -2.45. The highest BCUT2D eigenvalue weighted by Crippen LogP contribution is 2.64. The average molecular weight is 317 g/mol. The molecule has 2 bridgehead atoms. The Bertz CT molecular complexity index is 514. The van der Waals surface area contributed by atoms with E-state index < -0.39 is 21.5 Å². The summed E-state index contributed by atoms with van der Waals surface area (Å²) >= 11 is 0. The first-order valence-corrected chi connectivity index (χ1v) is 9.48. The second-order valence-electron chi connectivity index (χ2n) is 7.17. The van der Waals surface area contributed by atoms with Crippen molar-refractivity contribution < 1.29 is 18.3 Å². The molecule has 2 rings (SSSR count). The minimum Gasteiger partial charge on any atom is -0.393 e. The SMILES string of the molecule is CC[C@@H](O)CCNS(=O)(=O)C[C@@]12CC[C@@H](CC1=O)C2(C)C. The Morgan fingerprint density at radius 1 is 1.43 bits per heavy atom. The number of nitrogens with one attached hydrogen (secondary N) is 1. The molecule has 122 valence electrons. The van der Waals surface area contributed by atoms with Crippen LogP contribution in [0.25, 0.3) is 0 Å². The largest absolute Gasteiger partial charge is 0.393 e. The van der Waals surface area contributed by atoms with E-state index in [-0.39, 0.29) is 23.5 Å². The van der Waals surface area contributed by atoms with Crippen molar-refractivity contribution in [2.75, 3.05) is 12.3 Å². The van der Waals surface area contributed by atoms with Crippen molar-refractivity contribution >= 4 is 15.8 Å². The molecule has 2 aliphatic carbocycles. The molecule has 2 saturated carbocycles. The Labute approximate surface area is 127 Å². The van der Waals surface area contributed by atoms with Crippen molar-refractivity contribution in [3.8, 4) is 0 Å². The van der Waals surface area contributed by atoms with Gasteiger partial charge in [-0.1, -0.05) is 20.8 Å². The number of hydrogen-bond donors (Lipinski definition) is 2. The number of carbonyl (C=O) groups is 1. The minimum absolute atomic E-state index is 0.107. The van der Waals surface area contributed by atoms with E-state index in [9.17, 15) is 18.3 Å². The normalized spacial score (nSPS) is 32.6. The van der Waals surface area contributed by atoms with Crippen molar-refractivity contribution in [3.63, 3.8) is 0 Å². The predicted molar refractivity (Wildman–Crippen MR) is 81.3 cm³/mol. The number of Topliss-reactive ketones (excluding diaryl/α,β-unsaturated/α-hetero) is 1. The zero-order valence-corrected chi connectivity index (χ0v) is 14.0. The second kappa shape index (κ2) is 5.63. The molecule has 0 amide bonds. The minimum atomic E-state index is -3.50. The van der Waals surface area contributed by atoms with Crippen LogP contribution in [0.5, 0.6) is 0 Å². The van der Waals surface area contributed by atoms with Gasteiger partial charge in [-0.25, -0.2) is 13.1 Å². The van der Waals surface area contributed by atoms with Crippen LogP contribution < -0.4 is 4.72 Å². The molecule has 0 saturated heterocycles. The topological polar surface area (TPSA) is 83.5 Å². The zero-order chi connectivity index (χ0) is 15.9. The molecule has 2 N–H and O–H groups in total. The first-order valence-electron chi connectivity index (χ1n) is 7.83. The molecule has 2 aliphatic rings. The van der Waals surface area contributed by atoms with E-state index in [0.29, 0.717) is 31.6 Å². The molecule has 21 heavy (non-hydrogen) atoms. The predicted octanol–water partition coefficient (Wildman–Crippen LogP) is 1.46. The van der Waals surface area contributed by atoms with Crippen LogP contribution in [0.2, 0.25) is 0 Å². The first kappa shape index (κ1) is 16.9. The number of sulfonamides is 1. The van der Waals surface area contributed by atoms with Gasteiger partial charge >= 0.3 is 0 Å². The third kappa shape index (κ3) is 2.90. The lowest BCUT2D eigenvalue weighted by Gasteiger charge is -2.36. The van der Waals surface area contributed by atoms with E-state index in [1.807, 2.05) is 20.8 Å². The molecule has 2 fully saturated rings. The number of aliphatic hydroxyl groups excluding tert-OH is 1. The van der Waals surface area contributed by atoms with E-state index in [1.165, 1.54) is 0 Å². The smallest absolute Gasteiger partial charge is 0.212 e. The van der Waals surface area contributed by atoms with Gasteiger partial charge in [0.15, 0.2) is 0 Å². The van der Waals surface area contributed by atoms with Crippen LogP contribution in [0.3, 0.4) is 0 Å². The number of hydrogen-bond acceptors (Lipinski definition) is 4. The molecule has 0 radical (unpaired) electrons. The van der Waals surface area contributed by atoms with Crippen LogP contribution >= 0.6 is 0 Å². The fourth-order valence-electron chi connectivity index (χ4n) is 4.07. The van der Waals surface area contributed by atoms with E-state index >= 15 is 0 Å². The standard InChI is InChI=1S/C15H27NO4S/c1-4-12(17)6-8-16-21(19,20)10-15-7-5-11(9-13(15)18)14(15,2)3/h11-12,16-17H,4-10H2,1-3H3/t11-,12+,15-/m0/s1. The van der Waals surface area contributed by atoms with Gasteiger partial charge in [-0.05, 0) is 37.0 Å². The monoisotopic (exact) mass is 317 g/mol. The Kier molecular flexibility index (Phi) is 4.53. The number of fused-ring (bicyclic) bond motifs is 2. The molecule has 3 atom stereocenters. The van der Waals surface area contributed by atoms with Crippen molar-refractivity contribution in [1.29, 1.82) is 0 Å². The number of ketones is 1. The Balaban J connectivity index is 2.04. The third-order valence-electron chi connectivity index (χ3n) is 5.85. The van der Waals surface area contributed by atoms with Gasteiger partial charge in [-0.2, -0.15) is 0 Å². The number of aliphatic hydroxyl groups is 1. The highest BCUT2D eigenvalue weighted by Gasteiger charge is 2.65. The van der Waals surface area contributed by atoms with Gasteiger partial charge in [-0.15, -0.1) is 0 Å². The molecule has 0 aromatic carbocycles. The molecule has 0 aromatic rings. The van der Waals surface area contributed by atoms with Crippen molar-refractivity contribution in [3.05, 3.63) is 0 Å². The summed E-state index contributed by atoms with van der Waals surface area (Å²) in [6.45, 7) is 6.15. The lowest BCUT2D eigenvalue weighted by molar-refractivity contribution is -0.128. The molecule has 5 nitrogen and oxygen atoms in total. The highest BCUT2D eigenvalue weighted by molar-refractivity contribution is 7.89. The average Bonchev–Trinajstić information content (AvgIpc) is 2.71. The van der Waals surface area contributed by atoms with Crippen LogP contribution in [0.4, 0.5) is 0 Å². The maximum absolute atomic E-state index is 12.3. The van der Waals surface area contributed by atoms with Gasteiger partial charge < -0.3 is 5.11 Å². The zero-order valence-electron chi connectivity index (χ0n) is 13.2. The summed E-state index contributed by atoms with van der Waals surface area (Å²) in [6, 6.07) is 0. The molecule has 6 heteroatoms. The van der Waals surface area contributed by atoms with Crippen LogP contribution in [0.1, 0.15) is 52.9 Å². The molecule has 0 aliphatic heterocycles. The maximum atomic E-state index is 12.3. The quantitative estimate of drug-likeness (QED) is 0.744. The second-order valence-corrected chi connectivity index (χ2v) is 8.98. The van der Waals surface area contributed by atoms with Gasteiger partial charge in [0.2, 0.25) is 10.0 Å². The van der Waals surface area contributed by atoms with Crippen molar-refractivity contribution in [2.24, 2.45) is 16.7 Å². The van der Waals surface area contributed by atoms with Crippen LogP contribution in [0.15, 0.2) is 0 Å². The summed E-state index contributed by atoms with van der Waals surface area (Å²) in [5, 5.41) is 9.48. The number of carbonyl (C=O) groups excluding carboxylic acids is 1. The molecule has 0 unspecified atom stereocenters. The maximum Gasteiger partial charge on any atom is 0.212 e. The summed E-state index contributed by atoms with van der Waals surface area (Å²) in [7, 11) is -3.50. The van der Waals surface area contributed by atoms with Crippen molar-refractivity contribution in [2.45, 2.75) is 59.0 Å². The van der Waals surface area contributed by atoms with Gasteiger partial charge in [0.05, 0.1) is 11.9 Å². The Hall–Kier alpha value is -0.460. The van der Waals surface area contributed by atoms with Crippen LogP contribution in [-0.2, 0) is 14.8 Å². The highest BCUT2D eigenvalue weighted by atomic mass is 32.2. The Morgan fingerprint density at radius 2 is 2.10 bits per heavy atom. The summed E-state index contributed by atoms with van der Waals surface area (Å²) in [6.07, 6.45) is 2.69. The molecule has 0 aromatic heterocycles. The van der Waals surface area contributed by atoms with Crippen LogP contribution in [0, 0.1) is 16.7 Å². The van der Waals surface area contributed by atoms with E-state index in [2.05, 4.69) is 4.72 Å². The summed E-state index contributed by atoms with van der Waals surface area (Å²) in [4.78, 5) is 12.3. The Morgan fingerprint density at radius 3 is 2.57 bits per heavy atom. The molecular weight excluding hydrogens is 290 g/mol. The lowest BCUT2D eigenvalue weighted by atomic mass is 9.70. The number of rotatable bonds is 7. The fraction of sp³-hybridized carbons (Fsp3) is 0.933. The first-order chi connectivity index (χ1) is 9.64. The fourth-order valence-corrected chi connectivity index (χ4v) is 5.93. The van der Waals surface area contributed by atoms with E-state index in [1.54, 1.807) is 0 Å². The van der Waals surface area contributed by atoms with Crippen LogP contribution in [-0.4, -0.2) is 37.7 Å². The van der Waals surface area contributed by atoms with Gasteiger partial charge in [-0.3, -0.25) is 4.79 Å². The molecule has 0 heterocycles. The molecule has 0 spiro atoms.